The van der Waals surface area contributed by atoms with Crippen molar-refractivity contribution < 1.29 is 19.4 Å². The van der Waals surface area contributed by atoms with Gasteiger partial charge in [0.2, 0.25) is 0 Å². The number of esters is 1. The fourth-order valence-electron chi connectivity index (χ4n) is 7.21. The van der Waals surface area contributed by atoms with Crippen LogP contribution in [-0.2, 0) is 14.3 Å². The van der Waals surface area contributed by atoms with Gasteiger partial charge in [-0.2, -0.15) is 0 Å². The molecule has 1 N–H and O–H groups in total. The van der Waals surface area contributed by atoms with Gasteiger partial charge in [0.1, 0.15) is 12.2 Å². The van der Waals surface area contributed by atoms with E-state index in [0.29, 0.717) is 18.9 Å². The molecule has 4 rings (SSSR count). The summed E-state index contributed by atoms with van der Waals surface area (Å²) in [5, 5.41) is 11.0. The van der Waals surface area contributed by atoms with E-state index in [-0.39, 0.29) is 34.4 Å². The average molecular weight is 336 g/mol. The van der Waals surface area contributed by atoms with E-state index in [9.17, 15) is 9.90 Å². The minimum absolute atomic E-state index is 0.0407. The van der Waals surface area contributed by atoms with Crippen molar-refractivity contribution in [2.45, 2.75) is 89.9 Å². The highest BCUT2D eigenvalue weighted by atomic mass is 16.6. The van der Waals surface area contributed by atoms with E-state index in [2.05, 4.69) is 27.7 Å². The van der Waals surface area contributed by atoms with Crippen LogP contribution in [0, 0.1) is 22.7 Å². The zero-order valence-corrected chi connectivity index (χ0v) is 15.6. The minimum Gasteiger partial charge on any atom is -0.463 e. The van der Waals surface area contributed by atoms with Gasteiger partial charge in [0.05, 0.1) is 18.1 Å². The monoisotopic (exact) mass is 336 g/mol. The third-order valence-corrected chi connectivity index (χ3v) is 8.10. The smallest absolute Gasteiger partial charge is 0.308 e. The molecule has 4 fully saturated rings. The van der Waals surface area contributed by atoms with E-state index < -0.39 is 5.60 Å². The average Bonchev–Trinajstić information content (AvgIpc) is 3.01. The van der Waals surface area contributed by atoms with Crippen LogP contribution in [-0.4, -0.2) is 35.0 Å². The van der Waals surface area contributed by atoms with Crippen molar-refractivity contribution in [3.05, 3.63) is 0 Å². The third kappa shape index (κ3) is 2.02. The maximum absolute atomic E-state index is 11.7. The molecule has 0 amide bonds. The van der Waals surface area contributed by atoms with Crippen LogP contribution in [0.3, 0.4) is 0 Å². The number of aliphatic hydroxyl groups excluding tert-OH is 1. The Bertz CT molecular complexity index is 558. The van der Waals surface area contributed by atoms with E-state index in [4.69, 9.17) is 9.47 Å². The van der Waals surface area contributed by atoms with Gasteiger partial charge < -0.3 is 14.6 Å². The molecule has 0 radical (unpaired) electrons. The molecule has 0 aromatic carbocycles. The van der Waals surface area contributed by atoms with Crippen LogP contribution < -0.4 is 0 Å². The van der Waals surface area contributed by atoms with Crippen LogP contribution in [0.15, 0.2) is 0 Å². The van der Waals surface area contributed by atoms with Gasteiger partial charge in [-0.25, -0.2) is 0 Å². The Morgan fingerprint density at radius 3 is 2.54 bits per heavy atom. The molecule has 2 aliphatic carbocycles. The standard InChI is InChI=1S/C20H32O4/c1-13-10-14(21)16-17(2,3)6-5-7-18(16,4)20(13)9-8-19(24-20)11-15(22)23-12-19/h13-14,16,21H,5-12H2,1-4H3/t13-,14-,16+,18+,19+,20-/m1/s1. The topological polar surface area (TPSA) is 55.8 Å². The molecule has 2 aliphatic heterocycles. The molecule has 2 saturated carbocycles. The minimum atomic E-state index is -0.414. The Morgan fingerprint density at radius 1 is 1.12 bits per heavy atom. The van der Waals surface area contributed by atoms with E-state index in [0.717, 1.165) is 25.7 Å². The van der Waals surface area contributed by atoms with Gasteiger partial charge in [0, 0.05) is 5.41 Å². The largest absolute Gasteiger partial charge is 0.463 e. The SMILES string of the molecule is C[C@@H]1C[C@@H](O)[C@H]2C(C)(C)CCC[C@]2(C)[C@@]12CC[C@]1(COC(=O)C1)O2. The number of aliphatic hydroxyl groups is 1. The van der Waals surface area contributed by atoms with Crippen molar-refractivity contribution in [3.63, 3.8) is 0 Å². The van der Waals surface area contributed by atoms with Gasteiger partial charge in [0.15, 0.2) is 0 Å². The molecule has 2 spiro atoms. The summed E-state index contributed by atoms with van der Waals surface area (Å²) in [6.07, 6.45) is 6.29. The second kappa shape index (κ2) is 4.97. The summed E-state index contributed by atoms with van der Waals surface area (Å²) in [5.41, 5.74) is -0.563. The molecule has 24 heavy (non-hydrogen) atoms. The van der Waals surface area contributed by atoms with E-state index in [1.54, 1.807) is 0 Å². The molecule has 0 aromatic heterocycles. The summed E-state index contributed by atoms with van der Waals surface area (Å²) < 4.78 is 12.2. The number of ether oxygens (including phenoxy) is 2. The normalized spacial score (nSPS) is 53.4. The summed E-state index contributed by atoms with van der Waals surface area (Å²) in [6, 6.07) is 0. The second-order valence-corrected chi connectivity index (χ2v) is 9.95. The van der Waals surface area contributed by atoms with Gasteiger partial charge in [-0.1, -0.05) is 34.1 Å². The molecule has 4 nitrogen and oxygen atoms in total. The van der Waals surface area contributed by atoms with Crippen molar-refractivity contribution in [2.24, 2.45) is 22.7 Å². The Balaban J connectivity index is 1.75. The number of hydrogen-bond donors (Lipinski definition) is 1. The van der Waals surface area contributed by atoms with Crippen LogP contribution in [0.5, 0.6) is 0 Å². The molecule has 2 saturated heterocycles. The number of cyclic esters (lactones) is 1. The van der Waals surface area contributed by atoms with Gasteiger partial charge in [-0.05, 0) is 49.4 Å². The van der Waals surface area contributed by atoms with Crippen LogP contribution in [0.1, 0.15) is 72.6 Å². The van der Waals surface area contributed by atoms with Gasteiger partial charge in [-0.3, -0.25) is 4.79 Å². The molecule has 4 heteroatoms. The van der Waals surface area contributed by atoms with Crippen molar-refractivity contribution >= 4 is 5.97 Å². The zero-order valence-electron chi connectivity index (χ0n) is 15.6. The molecule has 0 bridgehead atoms. The Morgan fingerprint density at radius 2 is 1.88 bits per heavy atom. The van der Waals surface area contributed by atoms with Gasteiger partial charge in [0.25, 0.3) is 0 Å². The third-order valence-electron chi connectivity index (χ3n) is 8.10. The lowest BCUT2D eigenvalue weighted by molar-refractivity contribution is -0.269. The Hall–Kier alpha value is -0.610. The van der Waals surface area contributed by atoms with E-state index in [1.165, 1.54) is 12.8 Å². The van der Waals surface area contributed by atoms with Gasteiger partial charge >= 0.3 is 5.97 Å². The Kier molecular flexibility index (Phi) is 3.49. The quantitative estimate of drug-likeness (QED) is 0.688. The first-order valence-electron chi connectivity index (χ1n) is 9.68. The zero-order chi connectivity index (χ0) is 17.4. The fraction of sp³-hybridized carbons (Fsp3) is 0.950. The molecular weight excluding hydrogens is 304 g/mol. The summed E-state index contributed by atoms with van der Waals surface area (Å²) in [7, 11) is 0. The summed E-state index contributed by atoms with van der Waals surface area (Å²) in [6.45, 7) is 9.63. The summed E-state index contributed by atoms with van der Waals surface area (Å²) >= 11 is 0. The van der Waals surface area contributed by atoms with Crippen LogP contribution in [0.25, 0.3) is 0 Å². The molecular formula is C20H32O4. The predicted molar refractivity (Wildman–Crippen MR) is 90.4 cm³/mol. The number of carbonyl (C=O) groups excluding carboxylic acids is 1. The van der Waals surface area contributed by atoms with Crippen LogP contribution >= 0.6 is 0 Å². The maximum Gasteiger partial charge on any atom is 0.308 e. The van der Waals surface area contributed by atoms with Crippen molar-refractivity contribution in [2.75, 3.05) is 6.61 Å². The number of hydrogen-bond acceptors (Lipinski definition) is 4. The molecule has 6 atom stereocenters. The molecule has 2 heterocycles. The highest BCUT2D eigenvalue weighted by Crippen LogP contribution is 2.68. The van der Waals surface area contributed by atoms with E-state index in [1.807, 2.05) is 0 Å². The summed E-state index contributed by atoms with van der Waals surface area (Å²) in [4.78, 5) is 11.7. The summed E-state index contributed by atoms with van der Waals surface area (Å²) in [5.74, 6) is 0.432. The maximum atomic E-state index is 11.7. The van der Waals surface area contributed by atoms with Crippen molar-refractivity contribution in [1.29, 1.82) is 0 Å². The first-order valence-corrected chi connectivity index (χ1v) is 9.68. The molecule has 0 unspecified atom stereocenters. The lowest BCUT2D eigenvalue weighted by Crippen LogP contribution is -2.66. The van der Waals surface area contributed by atoms with Gasteiger partial charge in [-0.15, -0.1) is 0 Å². The van der Waals surface area contributed by atoms with E-state index >= 15 is 0 Å². The number of rotatable bonds is 0. The number of carbonyl (C=O) groups is 1. The number of fused-ring (bicyclic) bond motifs is 2. The van der Waals surface area contributed by atoms with Crippen LogP contribution in [0.2, 0.25) is 0 Å². The second-order valence-electron chi connectivity index (χ2n) is 9.95. The highest BCUT2D eigenvalue weighted by molar-refractivity contribution is 5.73. The molecule has 136 valence electrons. The predicted octanol–water partition coefficient (Wildman–Crippen LogP) is 3.45. The lowest BCUT2D eigenvalue weighted by atomic mass is 9.43. The van der Waals surface area contributed by atoms with Crippen LogP contribution in [0.4, 0.5) is 0 Å². The van der Waals surface area contributed by atoms with Crippen molar-refractivity contribution in [1.82, 2.24) is 0 Å². The van der Waals surface area contributed by atoms with Crippen molar-refractivity contribution in [3.8, 4) is 0 Å². The lowest BCUT2D eigenvalue weighted by Gasteiger charge is -2.65. The first kappa shape index (κ1) is 16.8. The molecule has 0 aromatic rings. The first-order chi connectivity index (χ1) is 11.1. The molecule has 4 aliphatic rings. The fourth-order valence-corrected chi connectivity index (χ4v) is 7.21. The Labute approximate surface area is 145 Å². The highest BCUT2D eigenvalue weighted by Gasteiger charge is 2.69.